The molecule has 2 unspecified atom stereocenters. The fourth-order valence-corrected chi connectivity index (χ4v) is 3.87. The summed E-state index contributed by atoms with van der Waals surface area (Å²) in [6, 6.07) is 0. The molecule has 1 saturated carbocycles. The molecular formula is C13H15ClO3S. The molecule has 0 aromatic rings. The first-order chi connectivity index (χ1) is 8.55. The van der Waals surface area contributed by atoms with Gasteiger partial charge in [-0.3, -0.25) is 0 Å². The number of hydrogen-bond acceptors (Lipinski definition) is 3. The van der Waals surface area contributed by atoms with Crippen LogP contribution < -0.4 is 0 Å². The summed E-state index contributed by atoms with van der Waals surface area (Å²) in [5, 5.41) is 0. The van der Waals surface area contributed by atoms with Gasteiger partial charge in [0.1, 0.15) is 0 Å². The number of halogens is 1. The Morgan fingerprint density at radius 3 is 2.89 bits per heavy atom. The van der Waals surface area contributed by atoms with Crippen molar-refractivity contribution >= 4 is 19.7 Å². The first-order valence-corrected chi connectivity index (χ1v) is 8.56. The molecule has 0 aromatic carbocycles. The van der Waals surface area contributed by atoms with Gasteiger partial charge in [0.15, 0.2) is 0 Å². The van der Waals surface area contributed by atoms with Crippen molar-refractivity contribution in [2.24, 2.45) is 5.92 Å². The molecule has 0 aromatic heterocycles. The molecule has 0 amide bonds. The SMILES string of the molecule is O=S(=O)(Cl)C1=CC2COC3CCCCC3=C2C=C1. The van der Waals surface area contributed by atoms with E-state index in [0.717, 1.165) is 12.8 Å². The van der Waals surface area contributed by atoms with Gasteiger partial charge in [-0.25, -0.2) is 8.42 Å². The van der Waals surface area contributed by atoms with E-state index in [1.165, 1.54) is 24.0 Å². The number of rotatable bonds is 1. The van der Waals surface area contributed by atoms with Crippen molar-refractivity contribution in [1.82, 2.24) is 0 Å². The highest BCUT2D eigenvalue weighted by molar-refractivity contribution is 8.17. The van der Waals surface area contributed by atoms with Crippen molar-refractivity contribution < 1.29 is 13.2 Å². The van der Waals surface area contributed by atoms with Crippen LogP contribution in [0.2, 0.25) is 0 Å². The second-order valence-corrected chi connectivity index (χ2v) is 7.56. The van der Waals surface area contributed by atoms with Crippen LogP contribution in [0.4, 0.5) is 0 Å². The topological polar surface area (TPSA) is 43.4 Å². The molecule has 0 radical (unpaired) electrons. The molecule has 5 heteroatoms. The Bertz CT molecular complexity index is 557. The van der Waals surface area contributed by atoms with Crippen molar-refractivity contribution in [3.8, 4) is 0 Å². The van der Waals surface area contributed by atoms with Gasteiger partial charge in [0.2, 0.25) is 0 Å². The summed E-state index contributed by atoms with van der Waals surface area (Å²) in [4.78, 5) is 0.191. The smallest absolute Gasteiger partial charge is 0.261 e. The Hall–Kier alpha value is -0.580. The molecule has 1 fully saturated rings. The summed E-state index contributed by atoms with van der Waals surface area (Å²) in [6.45, 7) is 0.559. The van der Waals surface area contributed by atoms with E-state index in [2.05, 4.69) is 0 Å². The molecule has 3 rings (SSSR count). The van der Waals surface area contributed by atoms with Gasteiger partial charge in [-0.15, -0.1) is 0 Å². The van der Waals surface area contributed by atoms with E-state index < -0.39 is 9.05 Å². The summed E-state index contributed by atoms with van der Waals surface area (Å²) < 4.78 is 28.5. The molecule has 1 aliphatic heterocycles. The Morgan fingerprint density at radius 1 is 1.28 bits per heavy atom. The van der Waals surface area contributed by atoms with Gasteiger partial charge in [0, 0.05) is 16.6 Å². The highest BCUT2D eigenvalue weighted by atomic mass is 35.7. The molecular weight excluding hydrogens is 272 g/mol. The predicted octanol–water partition coefficient (Wildman–Crippen LogP) is 2.89. The molecule has 0 N–H and O–H groups in total. The lowest BCUT2D eigenvalue weighted by atomic mass is 9.80. The lowest BCUT2D eigenvalue weighted by molar-refractivity contribution is 0.0365. The number of hydrogen-bond donors (Lipinski definition) is 0. The maximum absolute atomic E-state index is 11.3. The molecule has 1 heterocycles. The van der Waals surface area contributed by atoms with E-state index in [1.54, 1.807) is 12.2 Å². The monoisotopic (exact) mass is 286 g/mol. The zero-order chi connectivity index (χ0) is 12.8. The normalized spacial score (nSPS) is 31.7. The van der Waals surface area contributed by atoms with Crippen LogP contribution in [0, 0.1) is 5.92 Å². The van der Waals surface area contributed by atoms with Crippen molar-refractivity contribution in [3.05, 3.63) is 34.3 Å². The highest BCUT2D eigenvalue weighted by Gasteiger charge is 2.32. The lowest BCUT2D eigenvalue weighted by Crippen LogP contribution is -2.31. The van der Waals surface area contributed by atoms with E-state index in [0.29, 0.717) is 6.61 Å². The Kier molecular flexibility index (Phi) is 3.12. The molecule has 0 bridgehead atoms. The molecule has 0 spiro atoms. The van der Waals surface area contributed by atoms with Gasteiger partial charge in [0.05, 0.1) is 17.6 Å². The van der Waals surface area contributed by atoms with Gasteiger partial charge in [-0.2, -0.15) is 0 Å². The number of allylic oxidation sites excluding steroid dienone is 2. The van der Waals surface area contributed by atoms with E-state index in [9.17, 15) is 8.42 Å². The van der Waals surface area contributed by atoms with Crippen LogP contribution in [0.15, 0.2) is 34.3 Å². The summed E-state index contributed by atoms with van der Waals surface area (Å²) >= 11 is 0. The maximum Gasteiger partial charge on any atom is 0.261 e. The highest BCUT2D eigenvalue weighted by Crippen LogP contribution is 2.39. The van der Waals surface area contributed by atoms with E-state index in [-0.39, 0.29) is 16.9 Å². The van der Waals surface area contributed by atoms with Crippen molar-refractivity contribution in [2.75, 3.05) is 6.61 Å². The minimum atomic E-state index is -3.64. The minimum Gasteiger partial charge on any atom is -0.373 e. The first-order valence-electron chi connectivity index (χ1n) is 6.25. The van der Waals surface area contributed by atoms with Crippen LogP contribution in [0.1, 0.15) is 25.7 Å². The summed E-state index contributed by atoms with van der Waals surface area (Å²) in [7, 11) is 1.74. The zero-order valence-corrected chi connectivity index (χ0v) is 11.5. The molecule has 0 saturated heterocycles. The van der Waals surface area contributed by atoms with Crippen molar-refractivity contribution in [3.63, 3.8) is 0 Å². The lowest BCUT2D eigenvalue weighted by Gasteiger charge is -2.36. The van der Waals surface area contributed by atoms with Crippen LogP contribution in [0.3, 0.4) is 0 Å². The maximum atomic E-state index is 11.3. The minimum absolute atomic E-state index is 0.0443. The third-order valence-corrected chi connectivity index (χ3v) is 5.24. The third-order valence-electron chi connectivity index (χ3n) is 3.87. The van der Waals surface area contributed by atoms with Crippen LogP contribution >= 0.6 is 10.7 Å². The van der Waals surface area contributed by atoms with Crippen LogP contribution in [0.5, 0.6) is 0 Å². The van der Waals surface area contributed by atoms with Crippen LogP contribution in [-0.2, 0) is 13.8 Å². The van der Waals surface area contributed by atoms with Gasteiger partial charge in [0.25, 0.3) is 9.05 Å². The molecule has 98 valence electrons. The van der Waals surface area contributed by atoms with Gasteiger partial charge < -0.3 is 4.74 Å². The average molecular weight is 287 g/mol. The van der Waals surface area contributed by atoms with Gasteiger partial charge in [-0.05, 0) is 36.5 Å². The largest absolute Gasteiger partial charge is 0.373 e. The Labute approximate surface area is 112 Å². The van der Waals surface area contributed by atoms with Gasteiger partial charge in [-0.1, -0.05) is 18.6 Å². The molecule has 2 atom stereocenters. The fraction of sp³-hybridized carbons (Fsp3) is 0.538. The quantitative estimate of drug-likeness (QED) is 0.696. The third kappa shape index (κ3) is 2.17. The summed E-state index contributed by atoms with van der Waals surface area (Å²) in [5.41, 5.74) is 2.60. The summed E-state index contributed by atoms with van der Waals surface area (Å²) in [6.07, 6.45) is 10.1. The van der Waals surface area contributed by atoms with Crippen molar-refractivity contribution in [1.29, 1.82) is 0 Å². The summed E-state index contributed by atoms with van der Waals surface area (Å²) in [5.74, 6) is 0.0443. The second kappa shape index (κ2) is 4.51. The van der Waals surface area contributed by atoms with Gasteiger partial charge >= 0.3 is 0 Å². The van der Waals surface area contributed by atoms with E-state index in [4.69, 9.17) is 15.4 Å². The first kappa shape index (κ1) is 12.5. The molecule has 3 aliphatic rings. The molecule has 18 heavy (non-hydrogen) atoms. The van der Waals surface area contributed by atoms with Crippen molar-refractivity contribution in [2.45, 2.75) is 31.8 Å². The van der Waals surface area contributed by atoms with Crippen LogP contribution in [-0.4, -0.2) is 21.1 Å². The van der Waals surface area contributed by atoms with E-state index in [1.807, 2.05) is 6.08 Å². The fourth-order valence-electron chi connectivity index (χ4n) is 3.00. The van der Waals surface area contributed by atoms with E-state index >= 15 is 0 Å². The Balaban J connectivity index is 1.98. The standard InChI is InChI=1S/C13H15ClO3S/c14-18(15,16)10-5-6-11-9(7-10)8-17-13-4-2-1-3-12(11)13/h5-7,9,13H,1-4,8H2. The predicted molar refractivity (Wildman–Crippen MR) is 70.7 cm³/mol. The average Bonchev–Trinajstić information content (AvgIpc) is 2.37. The molecule has 3 nitrogen and oxygen atoms in total. The zero-order valence-electron chi connectivity index (χ0n) is 9.93. The number of fused-ring (bicyclic) bond motifs is 2. The Morgan fingerprint density at radius 2 is 2.11 bits per heavy atom. The second-order valence-electron chi connectivity index (χ2n) is 5.00. The van der Waals surface area contributed by atoms with Crippen LogP contribution in [0.25, 0.3) is 0 Å². The molecule has 2 aliphatic carbocycles. The number of ether oxygens (including phenoxy) is 1.